The molecule has 6 rings (SSSR count). The van der Waals surface area contributed by atoms with Gasteiger partial charge in [0.15, 0.2) is 0 Å². The van der Waals surface area contributed by atoms with Gasteiger partial charge >= 0.3 is 0 Å². The van der Waals surface area contributed by atoms with E-state index in [0.717, 1.165) is 36.0 Å². The van der Waals surface area contributed by atoms with Crippen molar-refractivity contribution in [3.8, 4) is 0 Å². The highest BCUT2D eigenvalue weighted by Crippen LogP contribution is 2.36. The molecule has 2 heterocycles. The third-order valence-electron chi connectivity index (χ3n) is 9.67. The highest BCUT2D eigenvalue weighted by Gasteiger charge is 2.34. The van der Waals surface area contributed by atoms with E-state index in [1.807, 2.05) is 24.3 Å². The number of hydrogen-bond acceptors (Lipinski definition) is 16. The number of hydrogen-bond donors (Lipinski definition) is 6. The van der Waals surface area contributed by atoms with E-state index >= 15 is 0 Å². The first-order chi connectivity index (χ1) is 31.9. The van der Waals surface area contributed by atoms with Crippen molar-refractivity contribution in [2.24, 2.45) is 11.5 Å². The summed E-state index contributed by atoms with van der Waals surface area (Å²) in [5.41, 5.74) is 14.2. The van der Waals surface area contributed by atoms with Crippen molar-refractivity contribution in [2.45, 2.75) is 13.8 Å². The number of nitrogens with one attached hydrogen (secondary N) is 2. The van der Waals surface area contributed by atoms with E-state index in [4.69, 9.17) is 59.7 Å². The van der Waals surface area contributed by atoms with Crippen LogP contribution in [0, 0.1) is 0 Å². The Hall–Kier alpha value is -6.10. The largest absolute Gasteiger partial charge is 0.481 e. The van der Waals surface area contributed by atoms with Crippen LogP contribution in [-0.2, 0) is 38.0 Å². The molecule has 0 saturated carbocycles. The van der Waals surface area contributed by atoms with E-state index in [2.05, 4.69) is 10.6 Å². The van der Waals surface area contributed by atoms with Crippen molar-refractivity contribution in [3.05, 3.63) is 82.9 Å². The maximum absolute atomic E-state index is 13.5. The van der Waals surface area contributed by atoms with Gasteiger partial charge in [0.1, 0.15) is 0 Å². The van der Waals surface area contributed by atoms with Gasteiger partial charge in [-0.1, -0.05) is 24.3 Å². The maximum Gasteiger partial charge on any atom is 0.300 e. The molecule has 4 aromatic carbocycles. The summed E-state index contributed by atoms with van der Waals surface area (Å²) in [6.07, 6.45) is 0. The zero-order valence-electron chi connectivity index (χ0n) is 37.3. The standard InChI is InChI=1S/C42H52N6O10.2C2H4O2/c43-11-17-53-23-25-55-19-13-45-35-9-7-33-37-29(35)3-1-5-31(37)39(49)47(41(33)51)15-21-57-27-28-58-22-16-48-40(50)32-6-2-4-30-36(10-8-34(38(30)32)42(48)52)46-14-20-56-26-24-54-18-12-44;2*1-2(3)4/h1-10,45-46H,11-28,43-44H2;2*1H3,(H,3,4). The van der Waals surface area contributed by atoms with Gasteiger partial charge in [0.2, 0.25) is 0 Å². The molecule has 0 radical (unpaired) electrons. The summed E-state index contributed by atoms with van der Waals surface area (Å²) in [6, 6.07) is 18.0. The van der Waals surface area contributed by atoms with Crippen LogP contribution in [0.4, 0.5) is 11.4 Å². The molecule has 358 valence electrons. The van der Waals surface area contributed by atoms with Gasteiger partial charge in [-0.15, -0.1) is 0 Å². The summed E-state index contributed by atoms with van der Waals surface area (Å²) < 4.78 is 33.3. The van der Waals surface area contributed by atoms with E-state index in [1.165, 1.54) is 9.80 Å². The second-order valence-corrected chi connectivity index (χ2v) is 14.4. The first-order valence-corrected chi connectivity index (χ1v) is 21.5. The summed E-state index contributed by atoms with van der Waals surface area (Å²) in [4.78, 5) is 74.3. The number of carboxylic acids is 2. The van der Waals surface area contributed by atoms with Crippen LogP contribution in [0.2, 0.25) is 0 Å². The van der Waals surface area contributed by atoms with Gasteiger partial charge in [0.25, 0.3) is 35.6 Å². The lowest BCUT2D eigenvalue weighted by Gasteiger charge is -2.28. The summed E-state index contributed by atoms with van der Waals surface area (Å²) in [5.74, 6) is -3.20. The number of aliphatic carboxylic acids is 2. The second-order valence-electron chi connectivity index (χ2n) is 14.4. The van der Waals surface area contributed by atoms with Crippen LogP contribution < -0.4 is 22.1 Å². The monoisotopic (exact) mass is 920 g/mol. The van der Waals surface area contributed by atoms with Gasteiger partial charge in [0.05, 0.1) is 92.4 Å². The zero-order chi connectivity index (χ0) is 47.8. The highest BCUT2D eigenvalue weighted by atomic mass is 16.5. The van der Waals surface area contributed by atoms with Crippen LogP contribution in [0.15, 0.2) is 60.7 Å². The highest BCUT2D eigenvalue weighted by molar-refractivity contribution is 6.27. The Morgan fingerprint density at radius 2 is 0.773 bits per heavy atom. The third kappa shape index (κ3) is 15.2. The van der Waals surface area contributed by atoms with Gasteiger partial charge in [0, 0.05) is 95.2 Å². The number of ether oxygens (including phenoxy) is 6. The number of anilines is 2. The quantitative estimate of drug-likeness (QED) is 0.0370. The van der Waals surface area contributed by atoms with Gasteiger partial charge in [-0.25, -0.2) is 0 Å². The molecule has 0 aliphatic carbocycles. The normalized spacial score (nSPS) is 12.8. The minimum Gasteiger partial charge on any atom is -0.481 e. The molecule has 0 saturated heterocycles. The number of rotatable bonds is 27. The number of nitrogens with zero attached hydrogens (tertiary/aromatic N) is 2. The molecule has 20 nitrogen and oxygen atoms in total. The Kier molecular flexibility index (Phi) is 22.3. The Balaban J connectivity index is 0.00000110. The molecule has 0 atom stereocenters. The smallest absolute Gasteiger partial charge is 0.300 e. The van der Waals surface area contributed by atoms with Crippen LogP contribution >= 0.6 is 0 Å². The molecule has 0 bridgehead atoms. The number of benzene rings is 4. The molecule has 0 spiro atoms. The Morgan fingerprint density at radius 1 is 0.470 bits per heavy atom. The maximum atomic E-state index is 13.5. The molecule has 2 aliphatic rings. The molecule has 0 fully saturated rings. The predicted octanol–water partition coefficient (Wildman–Crippen LogP) is 2.91. The fourth-order valence-electron chi connectivity index (χ4n) is 6.97. The number of nitrogens with two attached hydrogens (primary N) is 2. The third-order valence-corrected chi connectivity index (χ3v) is 9.67. The van der Waals surface area contributed by atoms with E-state index in [1.54, 1.807) is 36.4 Å². The average molecular weight is 921 g/mol. The van der Waals surface area contributed by atoms with E-state index < -0.39 is 11.9 Å². The molecule has 0 aromatic heterocycles. The Bertz CT molecular complexity index is 2060. The topological polar surface area (TPSA) is 281 Å². The lowest BCUT2D eigenvalue weighted by molar-refractivity contribution is -0.135. The number of carbonyl (C=O) groups is 6. The van der Waals surface area contributed by atoms with Crippen LogP contribution in [0.1, 0.15) is 55.3 Å². The first-order valence-electron chi connectivity index (χ1n) is 21.5. The summed E-state index contributed by atoms with van der Waals surface area (Å²) in [6.45, 7) is 8.71. The fraction of sp³-hybridized carbons (Fsp3) is 0.435. The van der Waals surface area contributed by atoms with Crippen molar-refractivity contribution in [2.75, 3.05) is 129 Å². The summed E-state index contributed by atoms with van der Waals surface area (Å²) in [7, 11) is 0. The van der Waals surface area contributed by atoms with Crippen LogP contribution in [0.5, 0.6) is 0 Å². The molecule has 66 heavy (non-hydrogen) atoms. The van der Waals surface area contributed by atoms with E-state index in [0.29, 0.717) is 112 Å². The van der Waals surface area contributed by atoms with Crippen molar-refractivity contribution in [3.63, 3.8) is 0 Å². The average Bonchev–Trinajstić information content (AvgIpc) is 3.29. The summed E-state index contributed by atoms with van der Waals surface area (Å²) in [5, 5.41) is 24.3. The lowest BCUT2D eigenvalue weighted by atomic mass is 9.93. The number of carboxylic acid groups (broad SMARTS) is 2. The molecule has 2 aliphatic heterocycles. The predicted molar refractivity (Wildman–Crippen MR) is 245 cm³/mol. The van der Waals surface area contributed by atoms with E-state index in [9.17, 15) is 19.2 Å². The lowest BCUT2D eigenvalue weighted by Crippen LogP contribution is -2.42. The molecule has 4 amide bonds. The zero-order valence-corrected chi connectivity index (χ0v) is 37.3. The molecular formula is C46H60N6O14. The van der Waals surface area contributed by atoms with Crippen molar-refractivity contribution >= 4 is 68.5 Å². The summed E-state index contributed by atoms with van der Waals surface area (Å²) >= 11 is 0. The fourth-order valence-corrected chi connectivity index (χ4v) is 6.97. The minimum atomic E-state index is -0.833. The van der Waals surface area contributed by atoms with Crippen LogP contribution in [0.25, 0.3) is 21.5 Å². The molecular weight excluding hydrogens is 861 g/mol. The van der Waals surface area contributed by atoms with Crippen molar-refractivity contribution in [1.29, 1.82) is 0 Å². The van der Waals surface area contributed by atoms with Crippen LogP contribution in [0.3, 0.4) is 0 Å². The number of imide groups is 2. The SMILES string of the molecule is CC(=O)O.CC(=O)O.NCCOCCOCCNc1ccc2c3c(cccc13)C(=O)N(CCOCCOCCN1C(=O)c3cccc4c(NCCOCCOCCN)ccc(c34)C1=O)C2=O. The van der Waals surface area contributed by atoms with Crippen molar-refractivity contribution in [1.82, 2.24) is 9.80 Å². The molecule has 0 unspecified atom stereocenters. The first kappa shape index (κ1) is 52.5. The Morgan fingerprint density at radius 3 is 1.11 bits per heavy atom. The molecule has 20 heteroatoms. The van der Waals surface area contributed by atoms with Gasteiger partial charge in [-0.2, -0.15) is 0 Å². The van der Waals surface area contributed by atoms with Gasteiger partial charge in [-0.05, 0) is 36.4 Å². The Labute approximate surface area is 382 Å². The minimum absolute atomic E-state index is 0.0671. The van der Waals surface area contributed by atoms with Gasteiger partial charge < -0.3 is 60.7 Å². The molecule has 8 N–H and O–H groups in total. The van der Waals surface area contributed by atoms with Gasteiger partial charge in [-0.3, -0.25) is 38.6 Å². The van der Waals surface area contributed by atoms with Crippen molar-refractivity contribution < 1.29 is 67.4 Å². The number of amides is 4. The number of carbonyl (C=O) groups excluding carboxylic acids is 4. The second kappa shape index (κ2) is 28.1. The van der Waals surface area contributed by atoms with E-state index in [-0.39, 0.29) is 63.1 Å². The van der Waals surface area contributed by atoms with Crippen LogP contribution in [-0.4, -0.2) is 174 Å². The molecule has 4 aromatic rings.